The first-order chi connectivity index (χ1) is 13.5. The first kappa shape index (κ1) is 17.6. The molecular formula is C21H24N4O3. The van der Waals surface area contributed by atoms with Crippen LogP contribution in [0.25, 0.3) is 11.0 Å². The van der Waals surface area contributed by atoms with E-state index in [1.54, 1.807) is 0 Å². The number of aryl methyl sites for hydroxylation is 2. The molecule has 5 rings (SSSR count). The average molecular weight is 380 g/mol. The number of aromatic nitrogens is 3. The fourth-order valence-corrected chi connectivity index (χ4v) is 4.67. The predicted octanol–water partition coefficient (Wildman–Crippen LogP) is 1.80. The number of rotatable bonds is 3. The van der Waals surface area contributed by atoms with Crippen molar-refractivity contribution in [2.45, 2.75) is 56.6 Å². The second kappa shape index (κ2) is 6.55. The third-order valence-corrected chi connectivity index (χ3v) is 6.19. The van der Waals surface area contributed by atoms with Gasteiger partial charge in [0.1, 0.15) is 36.0 Å². The van der Waals surface area contributed by atoms with E-state index in [9.17, 15) is 10.2 Å². The van der Waals surface area contributed by atoms with E-state index in [-0.39, 0.29) is 12.1 Å². The summed E-state index contributed by atoms with van der Waals surface area (Å²) in [6, 6.07) is 7.52. The van der Waals surface area contributed by atoms with Crippen molar-refractivity contribution < 1.29 is 14.9 Å². The number of aliphatic hydroxyl groups is 2. The van der Waals surface area contributed by atoms with Crippen LogP contribution < -0.4 is 10.5 Å². The van der Waals surface area contributed by atoms with Gasteiger partial charge in [0.2, 0.25) is 0 Å². The Balaban J connectivity index is 1.45. The van der Waals surface area contributed by atoms with E-state index in [0.29, 0.717) is 6.42 Å². The molecule has 2 heterocycles. The Morgan fingerprint density at radius 2 is 2.04 bits per heavy atom. The van der Waals surface area contributed by atoms with E-state index < -0.39 is 18.3 Å². The molecule has 28 heavy (non-hydrogen) atoms. The predicted molar refractivity (Wildman–Crippen MR) is 104 cm³/mol. The maximum Gasteiger partial charge on any atom is 0.143 e. The number of nitrogens with zero attached hydrogens (tertiary/aromatic N) is 3. The lowest BCUT2D eigenvalue weighted by atomic mass is 10.1. The van der Waals surface area contributed by atoms with Crippen molar-refractivity contribution in [3.8, 4) is 5.75 Å². The van der Waals surface area contributed by atoms with Crippen LogP contribution in [-0.4, -0.2) is 43.1 Å². The Morgan fingerprint density at radius 1 is 1.18 bits per heavy atom. The highest BCUT2D eigenvalue weighted by molar-refractivity contribution is 5.78. The lowest BCUT2D eigenvalue weighted by molar-refractivity contribution is -0.0166. The number of hydrogen-bond donors (Lipinski definition) is 3. The van der Waals surface area contributed by atoms with E-state index in [1.807, 2.05) is 35.9 Å². The normalized spacial score (nSPS) is 29.4. The van der Waals surface area contributed by atoms with Crippen LogP contribution in [0.15, 0.2) is 36.8 Å². The summed E-state index contributed by atoms with van der Waals surface area (Å²) in [6.07, 6.45) is 3.30. The van der Waals surface area contributed by atoms with E-state index in [1.165, 1.54) is 11.9 Å². The van der Waals surface area contributed by atoms with Crippen molar-refractivity contribution in [1.82, 2.24) is 14.5 Å². The molecule has 3 aromatic rings. The van der Waals surface area contributed by atoms with Crippen LogP contribution in [0.2, 0.25) is 0 Å². The molecule has 2 aliphatic carbocycles. The minimum Gasteiger partial charge on any atom is -0.487 e. The van der Waals surface area contributed by atoms with Gasteiger partial charge >= 0.3 is 0 Å². The zero-order valence-corrected chi connectivity index (χ0v) is 15.7. The fraction of sp³-hybridized carbons (Fsp3) is 0.429. The van der Waals surface area contributed by atoms with Crippen molar-refractivity contribution in [2.75, 3.05) is 0 Å². The molecule has 1 fully saturated rings. The topological polar surface area (TPSA) is 106 Å². The highest BCUT2D eigenvalue weighted by atomic mass is 16.5. The molecule has 7 nitrogen and oxygen atoms in total. The molecule has 0 radical (unpaired) electrons. The molecule has 1 saturated carbocycles. The van der Waals surface area contributed by atoms with Crippen molar-refractivity contribution in [3.63, 3.8) is 0 Å². The number of nitrogens with two attached hydrogens (primary N) is 1. The van der Waals surface area contributed by atoms with E-state index >= 15 is 0 Å². The Morgan fingerprint density at radius 3 is 2.89 bits per heavy atom. The van der Waals surface area contributed by atoms with Crippen molar-refractivity contribution in [1.29, 1.82) is 0 Å². The third kappa shape index (κ3) is 2.62. The first-order valence-corrected chi connectivity index (χ1v) is 9.73. The first-order valence-electron chi connectivity index (χ1n) is 9.73. The molecule has 4 N–H and O–H groups in total. The zero-order valence-electron chi connectivity index (χ0n) is 15.7. The maximum atomic E-state index is 10.7. The van der Waals surface area contributed by atoms with Crippen molar-refractivity contribution >= 4 is 11.0 Å². The average Bonchev–Trinajstić information content (AvgIpc) is 3.36. The number of fused-ring (bicyclic) bond motifs is 2. The summed E-state index contributed by atoms with van der Waals surface area (Å²) in [7, 11) is 0. The van der Waals surface area contributed by atoms with Gasteiger partial charge in [0, 0.05) is 29.6 Å². The van der Waals surface area contributed by atoms with Gasteiger partial charge in [-0.2, -0.15) is 0 Å². The third-order valence-electron chi connectivity index (χ3n) is 6.19. The summed E-state index contributed by atoms with van der Waals surface area (Å²) in [5, 5.41) is 22.4. The van der Waals surface area contributed by atoms with Crippen LogP contribution in [0.4, 0.5) is 0 Å². The van der Waals surface area contributed by atoms with Gasteiger partial charge in [-0.3, -0.25) is 0 Å². The molecule has 0 amide bonds. The molecular weight excluding hydrogens is 356 g/mol. The minimum atomic E-state index is -0.987. The van der Waals surface area contributed by atoms with E-state index in [0.717, 1.165) is 40.9 Å². The minimum absolute atomic E-state index is 0.0430. The monoisotopic (exact) mass is 380 g/mol. The second-order valence-electron chi connectivity index (χ2n) is 7.83. The van der Waals surface area contributed by atoms with Gasteiger partial charge in [-0.05, 0) is 37.5 Å². The Bertz CT molecular complexity index is 1030. The lowest BCUT2D eigenvalue weighted by Gasteiger charge is -2.21. The van der Waals surface area contributed by atoms with Gasteiger partial charge in [0.25, 0.3) is 0 Å². The van der Waals surface area contributed by atoms with Gasteiger partial charge in [-0.25, -0.2) is 9.97 Å². The fourth-order valence-electron chi connectivity index (χ4n) is 4.67. The summed E-state index contributed by atoms with van der Waals surface area (Å²) in [4.78, 5) is 8.59. The van der Waals surface area contributed by atoms with Crippen LogP contribution in [0.3, 0.4) is 0 Å². The summed E-state index contributed by atoms with van der Waals surface area (Å²) in [5.41, 5.74) is 10.1. The summed E-state index contributed by atoms with van der Waals surface area (Å²) >= 11 is 0. The van der Waals surface area contributed by atoms with Crippen molar-refractivity contribution in [2.24, 2.45) is 5.73 Å². The summed E-state index contributed by atoms with van der Waals surface area (Å²) < 4.78 is 8.12. The van der Waals surface area contributed by atoms with Crippen LogP contribution in [-0.2, 0) is 6.42 Å². The molecule has 2 aliphatic rings. The Hall–Kier alpha value is -2.48. The number of hydrogen-bond acceptors (Lipinski definition) is 6. The molecule has 1 unspecified atom stereocenters. The van der Waals surface area contributed by atoms with Crippen LogP contribution in [0.1, 0.15) is 41.7 Å². The standard InChI is InChI=1S/C21H24N4O3/c1-11-13-7-8-25(21(13)24-10-23-11)15-9-17(20(27)19(15)26)28-16-4-2-3-12-5-6-14(22)18(12)16/h2-4,7-8,10,14-15,17,19-20,26-27H,5-6,9,22H2,1H3/t14?,15-,17+,19+,20-/m1/s1. The molecule has 2 aromatic heterocycles. The largest absolute Gasteiger partial charge is 0.487 e. The molecule has 5 atom stereocenters. The molecule has 0 saturated heterocycles. The highest BCUT2D eigenvalue weighted by Crippen LogP contribution is 2.40. The molecule has 0 spiro atoms. The summed E-state index contributed by atoms with van der Waals surface area (Å²) in [5.74, 6) is 0.718. The van der Waals surface area contributed by atoms with Gasteiger partial charge in [0.05, 0.1) is 11.7 Å². The second-order valence-corrected chi connectivity index (χ2v) is 7.83. The number of benzene rings is 1. The number of aliphatic hydroxyl groups excluding tert-OH is 2. The van der Waals surface area contributed by atoms with Crippen LogP contribution >= 0.6 is 0 Å². The molecule has 1 aromatic carbocycles. The Kier molecular flexibility index (Phi) is 4.12. The maximum absolute atomic E-state index is 10.7. The lowest BCUT2D eigenvalue weighted by Crippen LogP contribution is -2.34. The van der Waals surface area contributed by atoms with E-state index in [4.69, 9.17) is 10.5 Å². The molecule has 7 heteroatoms. The van der Waals surface area contributed by atoms with Gasteiger partial charge in [0.15, 0.2) is 0 Å². The highest BCUT2D eigenvalue weighted by Gasteiger charge is 2.44. The van der Waals surface area contributed by atoms with Gasteiger partial charge in [-0.15, -0.1) is 0 Å². The van der Waals surface area contributed by atoms with Crippen LogP contribution in [0, 0.1) is 6.92 Å². The van der Waals surface area contributed by atoms with Crippen LogP contribution in [0.5, 0.6) is 5.75 Å². The quantitative estimate of drug-likeness (QED) is 0.640. The molecule has 0 bridgehead atoms. The zero-order chi connectivity index (χ0) is 19.4. The number of ether oxygens (including phenoxy) is 1. The van der Waals surface area contributed by atoms with Gasteiger partial charge in [-0.1, -0.05) is 12.1 Å². The molecule has 0 aliphatic heterocycles. The smallest absolute Gasteiger partial charge is 0.143 e. The van der Waals surface area contributed by atoms with Crippen molar-refractivity contribution in [3.05, 3.63) is 53.6 Å². The summed E-state index contributed by atoms with van der Waals surface area (Å²) in [6.45, 7) is 1.93. The van der Waals surface area contributed by atoms with Gasteiger partial charge < -0.3 is 25.3 Å². The van der Waals surface area contributed by atoms with E-state index in [2.05, 4.69) is 16.0 Å². The Labute approximate surface area is 162 Å². The SMILES string of the molecule is Cc1ncnc2c1ccn2[C@@H]1C[C@H](Oc2cccc3c2C(N)CC3)[C@@H](O)[C@H]1O. The molecule has 146 valence electrons.